The molecule has 1 aliphatic heterocycles. The van der Waals surface area contributed by atoms with Crippen molar-refractivity contribution >= 4 is 35.8 Å². The highest BCUT2D eigenvalue weighted by atomic mass is 16.6. The van der Waals surface area contributed by atoms with Crippen molar-refractivity contribution in [2.24, 2.45) is 0 Å². The van der Waals surface area contributed by atoms with Gasteiger partial charge in [0, 0.05) is 6.42 Å². The zero-order valence-corrected chi connectivity index (χ0v) is 26.1. The molecular formula is C24H42O28. The number of ether oxygens (including phenoxy) is 1. The van der Waals surface area contributed by atoms with Gasteiger partial charge in [0.2, 0.25) is 5.78 Å². The van der Waals surface area contributed by atoms with E-state index in [4.69, 9.17) is 107 Å². The highest BCUT2D eigenvalue weighted by Gasteiger charge is 2.36. The van der Waals surface area contributed by atoms with Gasteiger partial charge in [-0.1, -0.05) is 0 Å². The summed E-state index contributed by atoms with van der Waals surface area (Å²) in [6.07, 6.45) is -25.6. The first kappa shape index (κ1) is 55.0. The quantitative estimate of drug-likeness (QED) is 0.0686. The summed E-state index contributed by atoms with van der Waals surface area (Å²) in [5.74, 6) is -8.37. The SMILES string of the molecule is O=C(O)C(=O)C[C@@H](O)[C@@H](O)[C@H](O)[C@H](O)CO.O=C(O)C(O)C(O)C(=O)O.O=C(O)[C@H](O)[C@@H](O)[C@H](O)[C@H](O)CO.O=C=O.OC1OC[C@@H](O)C(O)[C@@H]1O. The van der Waals surface area contributed by atoms with Crippen LogP contribution in [0.1, 0.15) is 6.42 Å². The van der Waals surface area contributed by atoms with Crippen LogP contribution in [0.25, 0.3) is 0 Å². The number of carbonyl (C=O) groups is 5. The topological polar surface area (TPSA) is 533 Å². The average molecular weight is 779 g/mol. The van der Waals surface area contributed by atoms with Crippen molar-refractivity contribution in [2.75, 3.05) is 19.8 Å². The zero-order chi connectivity index (χ0) is 42.2. The molecule has 28 heteroatoms. The fourth-order valence-corrected chi connectivity index (χ4v) is 2.69. The van der Waals surface area contributed by atoms with Gasteiger partial charge in [0.05, 0.1) is 25.9 Å². The lowest BCUT2D eigenvalue weighted by molar-refractivity contribution is -0.252. The van der Waals surface area contributed by atoms with Crippen LogP contribution >= 0.6 is 0 Å². The molecule has 52 heavy (non-hydrogen) atoms. The Morgan fingerprint density at radius 2 is 0.885 bits per heavy atom. The molecule has 1 rings (SSSR count). The molecule has 20 N–H and O–H groups in total. The van der Waals surface area contributed by atoms with Crippen molar-refractivity contribution in [3.05, 3.63) is 0 Å². The van der Waals surface area contributed by atoms with Crippen molar-refractivity contribution in [1.29, 1.82) is 0 Å². The van der Waals surface area contributed by atoms with Gasteiger partial charge in [-0.3, -0.25) is 4.79 Å². The summed E-state index contributed by atoms with van der Waals surface area (Å²) < 4.78 is 4.47. The van der Waals surface area contributed by atoms with E-state index in [-0.39, 0.29) is 12.8 Å². The summed E-state index contributed by atoms with van der Waals surface area (Å²) >= 11 is 0. The lowest BCUT2D eigenvalue weighted by Crippen LogP contribution is -2.52. The Bertz CT molecular complexity index is 1050. The van der Waals surface area contributed by atoms with E-state index < -0.39 is 135 Å². The molecular weight excluding hydrogens is 736 g/mol. The third-order valence-electron chi connectivity index (χ3n) is 5.75. The highest BCUT2D eigenvalue weighted by molar-refractivity contribution is 6.32. The van der Waals surface area contributed by atoms with Gasteiger partial charge in [0.25, 0.3) is 0 Å². The summed E-state index contributed by atoms with van der Waals surface area (Å²) in [4.78, 5) is 66.7. The molecule has 0 radical (unpaired) electrons. The number of aliphatic hydroxyl groups excluding tert-OH is 16. The van der Waals surface area contributed by atoms with Gasteiger partial charge >= 0.3 is 30.0 Å². The number of carboxylic acids is 4. The smallest absolute Gasteiger partial charge is 0.373 e. The normalized spacial score (nSPS) is 23.5. The molecule has 1 saturated heterocycles. The van der Waals surface area contributed by atoms with Crippen molar-refractivity contribution in [2.45, 2.75) is 92.1 Å². The molecule has 0 amide bonds. The van der Waals surface area contributed by atoms with Crippen LogP contribution in [0.2, 0.25) is 0 Å². The molecule has 0 aromatic heterocycles. The maximum absolute atomic E-state index is 10.7. The second-order valence-electron chi connectivity index (χ2n) is 9.67. The highest BCUT2D eigenvalue weighted by Crippen LogP contribution is 2.13. The number of ketones is 1. The molecule has 0 aromatic carbocycles. The van der Waals surface area contributed by atoms with Crippen molar-refractivity contribution in [3.8, 4) is 0 Å². The molecule has 1 heterocycles. The Balaban J connectivity index is -0.000000292. The molecule has 4 unspecified atom stereocenters. The van der Waals surface area contributed by atoms with Gasteiger partial charge in [-0.2, -0.15) is 9.59 Å². The summed E-state index contributed by atoms with van der Waals surface area (Å²) in [6, 6.07) is 0. The van der Waals surface area contributed by atoms with Crippen LogP contribution in [0.15, 0.2) is 0 Å². The lowest BCUT2D eigenvalue weighted by Gasteiger charge is -2.31. The maximum atomic E-state index is 10.7. The minimum Gasteiger partial charge on any atom is -0.479 e. The van der Waals surface area contributed by atoms with Crippen LogP contribution in [0, 0.1) is 0 Å². The lowest BCUT2D eigenvalue weighted by atomic mass is 9.99. The van der Waals surface area contributed by atoms with E-state index in [1.165, 1.54) is 0 Å². The van der Waals surface area contributed by atoms with Crippen molar-refractivity contribution in [3.63, 3.8) is 0 Å². The summed E-state index contributed by atoms with van der Waals surface area (Å²) in [6.45, 7) is -1.85. The molecule has 0 bridgehead atoms. The molecule has 1 aliphatic rings. The van der Waals surface area contributed by atoms with Gasteiger partial charge in [-0.25, -0.2) is 19.2 Å². The van der Waals surface area contributed by atoms with E-state index in [0.29, 0.717) is 0 Å². The minimum atomic E-state index is -2.27. The zero-order valence-electron chi connectivity index (χ0n) is 26.1. The molecule has 0 aromatic rings. The predicted molar refractivity (Wildman–Crippen MR) is 149 cm³/mol. The van der Waals surface area contributed by atoms with Gasteiger partial charge in [0.1, 0.15) is 54.9 Å². The second-order valence-corrected chi connectivity index (χ2v) is 9.67. The number of rotatable bonds is 15. The number of hydrogen-bond donors (Lipinski definition) is 20. The third-order valence-corrected chi connectivity index (χ3v) is 5.75. The van der Waals surface area contributed by atoms with Crippen molar-refractivity contribution < 1.29 is 140 Å². The minimum absolute atomic E-state index is 0.153. The monoisotopic (exact) mass is 778 g/mol. The average Bonchev–Trinajstić information content (AvgIpc) is 3.09. The Labute approximate surface area is 288 Å². The number of Topliss-reactive ketones (excluding diaryl/α,β-unsaturated/α-hetero) is 1. The van der Waals surface area contributed by atoms with Crippen LogP contribution < -0.4 is 0 Å². The molecule has 0 saturated carbocycles. The van der Waals surface area contributed by atoms with Gasteiger partial charge in [-0.05, 0) is 0 Å². The molecule has 0 aliphatic carbocycles. The third kappa shape index (κ3) is 22.2. The molecule has 306 valence electrons. The van der Waals surface area contributed by atoms with E-state index in [1.807, 2.05) is 0 Å². The summed E-state index contributed by atoms with van der Waals surface area (Å²) in [5.41, 5.74) is 0. The number of aliphatic carboxylic acids is 4. The number of carbonyl (C=O) groups excluding carboxylic acids is 3. The van der Waals surface area contributed by atoms with Crippen LogP contribution in [-0.2, 0) is 38.3 Å². The van der Waals surface area contributed by atoms with Crippen molar-refractivity contribution in [1.82, 2.24) is 0 Å². The Hall–Kier alpha value is -3.75. The molecule has 14 atom stereocenters. The molecule has 28 nitrogen and oxygen atoms in total. The van der Waals surface area contributed by atoms with Gasteiger partial charge < -0.3 is 107 Å². The van der Waals surface area contributed by atoms with Crippen LogP contribution in [-0.4, -0.2) is 243 Å². The number of aliphatic hydroxyl groups is 16. The number of hydrogen-bond acceptors (Lipinski definition) is 24. The Morgan fingerprint density at radius 3 is 1.17 bits per heavy atom. The fourth-order valence-electron chi connectivity index (χ4n) is 2.69. The van der Waals surface area contributed by atoms with E-state index in [2.05, 4.69) is 4.74 Å². The predicted octanol–water partition coefficient (Wildman–Crippen LogP) is -12.3. The van der Waals surface area contributed by atoms with E-state index in [0.717, 1.165) is 0 Å². The fraction of sp³-hybridized carbons (Fsp3) is 0.750. The van der Waals surface area contributed by atoms with Crippen LogP contribution in [0.4, 0.5) is 0 Å². The van der Waals surface area contributed by atoms with Gasteiger partial charge in [0.15, 0.2) is 24.6 Å². The maximum Gasteiger partial charge on any atom is 0.373 e. The van der Waals surface area contributed by atoms with E-state index in [1.54, 1.807) is 0 Å². The molecule has 0 spiro atoms. The Kier molecular flexibility index (Phi) is 30.5. The largest absolute Gasteiger partial charge is 0.479 e. The van der Waals surface area contributed by atoms with Gasteiger partial charge in [-0.15, -0.1) is 0 Å². The first-order chi connectivity index (χ1) is 23.7. The first-order valence-corrected chi connectivity index (χ1v) is 13.5. The van der Waals surface area contributed by atoms with Crippen LogP contribution in [0.5, 0.6) is 0 Å². The Morgan fingerprint density at radius 1 is 0.558 bits per heavy atom. The van der Waals surface area contributed by atoms with E-state index >= 15 is 0 Å². The standard InChI is InChI=1S/C8H14O8.C6H12O7.C5H10O5.C4H6O6.CO2/c9-2-5(12)7(14)6(13)3(10)1-4(11)8(15)16;7-1-2(8)3(9)4(10)5(11)6(12)13;6-2-1-10-5(9)4(8)3(2)7;5-1(3(7)8)2(6)4(9)10;2-1-3/h3,5-7,9-10,12-14H,1-2H2,(H,15,16);2-5,7-11H,1H2,(H,12,13);2-9H,1H2;1-2,5-6H,(H,7,8)(H,9,10);/t3-,5-,6-,7-;2-,3-,4+,5-;2-,3?,4+,5?;;/m111../s1. The first-order valence-electron chi connectivity index (χ1n) is 13.5. The van der Waals surface area contributed by atoms with Crippen LogP contribution in [0.3, 0.4) is 0 Å². The second kappa shape index (κ2) is 28.8. The molecule has 1 fully saturated rings. The summed E-state index contributed by atoms with van der Waals surface area (Å²) in [7, 11) is 0. The summed E-state index contributed by atoms with van der Waals surface area (Å²) in [5, 5.41) is 173. The van der Waals surface area contributed by atoms with E-state index in [9.17, 15) is 29.1 Å². The number of carboxylic acid groups (broad SMARTS) is 4.